The molecule has 0 bridgehead atoms. The van der Waals surface area contributed by atoms with E-state index in [1.165, 1.54) is 12.1 Å². The van der Waals surface area contributed by atoms with Crippen molar-refractivity contribution in [2.45, 2.75) is 45.4 Å². The van der Waals surface area contributed by atoms with Crippen molar-refractivity contribution in [2.24, 2.45) is 11.8 Å². The fraction of sp³-hybridized carbons (Fsp3) is 0.562. The third kappa shape index (κ3) is 4.22. The highest BCUT2D eigenvalue weighted by molar-refractivity contribution is 5.89. The van der Waals surface area contributed by atoms with Crippen LogP contribution in [0.3, 0.4) is 0 Å². The topological polar surface area (TPSA) is 26.3 Å². The van der Waals surface area contributed by atoms with Crippen molar-refractivity contribution >= 4 is 5.97 Å². The maximum atomic E-state index is 12.5. The molecule has 1 saturated carbocycles. The average Bonchev–Trinajstić information content (AvgIpc) is 2.36. The molecule has 0 spiro atoms. The predicted octanol–water partition coefficient (Wildman–Crippen LogP) is 4.69. The maximum absolute atomic E-state index is 12.5. The van der Waals surface area contributed by atoms with Crippen LogP contribution in [-0.2, 0) is 10.9 Å². The SMILES string of the molecule is CC1CC(C)CC(OC(=O)c2ccc(C(F)(F)F)cc2)C1. The number of alkyl halides is 3. The highest BCUT2D eigenvalue weighted by Gasteiger charge is 2.31. The van der Waals surface area contributed by atoms with E-state index < -0.39 is 17.7 Å². The second-order valence-electron chi connectivity index (χ2n) is 6.02. The lowest BCUT2D eigenvalue weighted by Crippen LogP contribution is -2.28. The Balaban J connectivity index is 2.00. The third-order valence-corrected chi connectivity index (χ3v) is 3.86. The number of hydrogen-bond acceptors (Lipinski definition) is 2. The minimum absolute atomic E-state index is 0.140. The minimum Gasteiger partial charge on any atom is -0.459 e. The fourth-order valence-corrected chi connectivity index (χ4v) is 2.98. The molecule has 1 aromatic rings. The van der Waals surface area contributed by atoms with Crippen molar-refractivity contribution in [3.8, 4) is 0 Å². The fourth-order valence-electron chi connectivity index (χ4n) is 2.98. The van der Waals surface area contributed by atoms with E-state index in [4.69, 9.17) is 4.74 Å². The Morgan fingerprint density at radius 1 is 1.05 bits per heavy atom. The summed E-state index contributed by atoms with van der Waals surface area (Å²) in [6, 6.07) is 4.15. The van der Waals surface area contributed by atoms with E-state index in [1.807, 2.05) is 0 Å². The van der Waals surface area contributed by atoms with Crippen molar-refractivity contribution in [3.05, 3.63) is 35.4 Å². The minimum atomic E-state index is -4.39. The van der Waals surface area contributed by atoms with E-state index >= 15 is 0 Å². The van der Waals surface area contributed by atoms with Crippen LogP contribution in [0.2, 0.25) is 0 Å². The number of halogens is 3. The molecule has 2 rings (SSSR count). The largest absolute Gasteiger partial charge is 0.459 e. The zero-order chi connectivity index (χ0) is 15.6. The number of ether oxygens (including phenoxy) is 1. The summed E-state index contributed by atoms with van der Waals surface area (Å²) in [6.45, 7) is 4.24. The summed E-state index contributed by atoms with van der Waals surface area (Å²) in [7, 11) is 0. The van der Waals surface area contributed by atoms with Gasteiger partial charge in [0.05, 0.1) is 11.1 Å². The predicted molar refractivity (Wildman–Crippen MR) is 72.8 cm³/mol. The van der Waals surface area contributed by atoms with Gasteiger partial charge in [-0.25, -0.2) is 4.79 Å². The Morgan fingerprint density at radius 3 is 2.05 bits per heavy atom. The number of esters is 1. The summed E-state index contributed by atoms with van der Waals surface area (Å²) < 4.78 is 42.8. The van der Waals surface area contributed by atoms with Crippen molar-refractivity contribution in [3.63, 3.8) is 0 Å². The number of rotatable bonds is 2. The molecule has 1 aromatic carbocycles. The summed E-state index contributed by atoms with van der Waals surface area (Å²) in [6.07, 6.45) is -1.78. The Labute approximate surface area is 122 Å². The van der Waals surface area contributed by atoms with Crippen LogP contribution in [0.15, 0.2) is 24.3 Å². The normalized spacial score (nSPS) is 26.4. The number of carbonyl (C=O) groups is 1. The lowest BCUT2D eigenvalue weighted by atomic mass is 9.82. The van der Waals surface area contributed by atoms with Gasteiger partial charge < -0.3 is 4.74 Å². The number of carbonyl (C=O) groups excluding carboxylic acids is 1. The van der Waals surface area contributed by atoms with Crippen LogP contribution in [0.4, 0.5) is 13.2 Å². The first kappa shape index (κ1) is 15.9. The van der Waals surface area contributed by atoms with E-state index in [9.17, 15) is 18.0 Å². The van der Waals surface area contributed by atoms with Crippen molar-refractivity contribution < 1.29 is 22.7 Å². The molecule has 2 unspecified atom stereocenters. The highest BCUT2D eigenvalue weighted by atomic mass is 19.4. The second-order valence-corrected chi connectivity index (χ2v) is 6.02. The molecule has 21 heavy (non-hydrogen) atoms. The molecule has 0 aromatic heterocycles. The summed E-state index contributed by atoms with van der Waals surface area (Å²) in [5, 5.41) is 0. The first-order valence-corrected chi connectivity index (χ1v) is 7.14. The van der Waals surface area contributed by atoms with Crippen LogP contribution in [-0.4, -0.2) is 12.1 Å². The molecule has 0 radical (unpaired) electrons. The van der Waals surface area contributed by atoms with Gasteiger partial charge >= 0.3 is 12.1 Å². The van der Waals surface area contributed by atoms with Gasteiger partial charge in [0.2, 0.25) is 0 Å². The van der Waals surface area contributed by atoms with E-state index in [0.717, 1.165) is 31.4 Å². The Bertz CT molecular complexity index is 483. The molecule has 0 N–H and O–H groups in total. The summed E-state index contributed by atoms with van der Waals surface area (Å²) in [5.41, 5.74) is -0.604. The molecule has 5 heteroatoms. The molecule has 1 fully saturated rings. The second kappa shape index (κ2) is 6.08. The molecule has 0 aliphatic heterocycles. The van der Waals surface area contributed by atoms with Gasteiger partial charge in [0, 0.05) is 0 Å². The summed E-state index contributed by atoms with van der Waals surface area (Å²) in [4.78, 5) is 12.0. The molecule has 1 aliphatic carbocycles. The van der Waals surface area contributed by atoms with Crippen LogP contribution in [0.1, 0.15) is 49.0 Å². The molecule has 0 amide bonds. The zero-order valence-electron chi connectivity index (χ0n) is 12.1. The van der Waals surface area contributed by atoms with Gasteiger partial charge in [-0.05, 0) is 55.4 Å². The summed E-state index contributed by atoms with van der Waals surface area (Å²) >= 11 is 0. The van der Waals surface area contributed by atoms with Crippen LogP contribution in [0.5, 0.6) is 0 Å². The van der Waals surface area contributed by atoms with Gasteiger partial charge in [-0.3, -0.25) is 0 Å². The van der Waals surface area contributed by atoms with Gasteiger partial charge in [0.25, 0.3) is 0 Å². The smallest absolute Gasteiger partial charge is 0.416 e. The summed E-state index contributed by atoms with van der Waals surface area (Å²) in [5.74, 6) is 0.452. The molecule has 2 atom stereocenters. The van der Waals surface area contributed by atoms with Gasteiger partial charge in [0.15, 0.2) is 0 Å². The monoisotopic (exact) mass is 300 g/mol. The molecular formula is C16H19F3O2. The molecule has 0 heterocycles. The first-order valence-electron chi connectivity index (χ1n) is 7.14. The van der Waals surface area contributed by atoms with Crippen LogP contribution >= 0.6 is 0 Å². The standard InChI is InChI=1S/C16H19F3O2/c1-10-7-11(2)9-14(8-10)21-15(20)12-3-5-13(6-4-12)16(17,18)19/h3-6,10-11,14H,7-9H2,1-2H3. The maximum Gasteiger partial charge on any atom is 0.416 e. The van der Waals surface area contributed by atoms with Gasteiger partial charge in [-0.1, -0.05) is 13.8 Å². The highest BCUT2D eigenvalue weighted by Crippen LogP contribution is 2.31. The van der Waals surface area contributed by atoms with Crippen molar-refractivity contribution in [1.29, 1.82) is 0 Å². The lowest BCUT2D eigenvalue weighted by Gasteiger charge is -2.31. The molecule has 0 saturated heterocycles. The Kier molecular flexibility index (Phi) is 4.59. The van der Waals surface area contributed by atoms with E-state index in [2.05, 4.69) is 13.8 Å². The first-order chi connectivity index (χ1) is 9.75. The van der Waals surface area contributed by atoms with Crippen LogP contribution < -0.4 is 0 Å². The zero-order valence-corrected chi connectivity index (χ0v) is 12.1. The quantitative estimate of drug-likeness (QED) is 0.741. The van der Waals surface area contributed by atoms with E-state index in [1.54, 1.807) is 0 Å². The lowest BCUT2D eigenvalue weighted by molar-refractivity contribution is -0.137. The molecule has 116 valence electrons. The van der Waals surface area contributed by atoms with Crippen molar-refractivity contribution in [2.75, 3.05) is 0 Å². The average molecular weight is 300 g/mol. The van der Waals surface area contributed by atoms with E-state index in [0.29, 0.717) is 11.8 Å². The van der Waals surface area contributed by atoms with E-state index in [-0.39, 0.29) is 11.7 Å². The number of benzene rings is 1. The Morgan fingerprint density at radius 2 is 1.57 bits per heavy atom. The van der Waals surface area contributed by atoms with Gasteiger partial charge in [-0.15, -0.1) is 0 Å². The molecule has 1 aliphatic rings. The molecular weight excluding hydrogens is 281 g/mol. The number of hydrogen-bond donors (Lipinski definition) is 0. The third-order valence-electron chi connectivity index (χ3n) is 3.86. The van der Waals surface area contributed by atoms with Gasteiger partial charge in [-0.2, -0.15) is 13.2 Å². The van der Waals surface area contributed by atoms with Crippen LogP contribution in [0.25, 0.3) is 0 Å². The van der Waals surface area contributed by atoms with Crippen LogP contribution in [0, 0.1) is 11.8 Å². The van der Waals surface area contributed by atoms with Crippen molar-refractivity contribution in [1.82, 2.24) is 0 Å². The Hall–Kier alpha value is -1.52. The molecule has 2 nitrogen and oxygen atoms in total. The van der Waals surface area contributed by atoms with Gasteiger partial charge in [0.1, 0.15) is 6.10 Å².